The molecular weight excluding hydrogens is 419 g/mol. The van der Waals surface area contributed by atoms with E-state index >= 15 is 0 Å². The number of halogens is 2. The van der Waals surface area contributed by atoms with Crippen molar-refractivity contribution in [1.82, 2.24) is 4.31 Å². The van der Waals surface area contributed by atoms with Crippen LogP contribution in [0.2, 0.25) is 5.02 Å². The number of rotatable bonds is 7. The summed E-state index contributed by atoms with van der Waals surface area (Å²) in [4.78, 5) is 12.3. The molecule has 6 nitrogen and oxygen atoms in total. The molecular formula is C20H22ClFN2O4S. The number of piperidine rings is 1. The fourth-order valence-electron chi connectivity index (χ4n) is 3.06. The van der Waals surface area contributed by atoms with Crippen molar-refractivity contribution >= 4 is 33.2 Å². The predicted octanol–water partition coefficient (Wildman–Crippen LogP) is 4.06. The third-order valence-corrected chi connectivity index (χ3v) is 6.74. The van der Waals surface area contributed by atoms with Crippen LogP contribution in [-0.2, 0) is 14.8 Å². The molecule has 0 atom stereocenters. The Balaban J connectivity index is 1.57. The van der Waals surface area contributed by atoms with E-state index in [1.807, 2.05) is 0 Å². The van der Waals surface area contributed by atoms with Crippen LogP contribution in [0.15, 0.2) is 47.4 Å². The van der Waals surface area contributed by atoms with Crippen LogP contribution < -0.4 is 10.1 Å². The van der Waals surface area contributed by atoms with Gasteiger partial charge in [-0.1, -0.05) is 24.1 Å². The van der Waals surface area contributed by atoms with Gasteiger partial charge in [0.05, 0.1) is 22.9 Å². The van der Waals surface area contributed by atoms with Crippen molar-refractivity contribution < 1.29 is 22.3 Å². The molecule has 1 saturated heterocycles. The lowest BCUT2D eigenvalue weighted by atomic mass is 10.2. The number of nitrogens with zero attached hydrogens (tertiary/aromatic N) is 1. The molecule has 0 radical (unpaired) electrons. The van der Waals surface area contributed by atoms with Gasteiger partial charge < -0.3 is 10.1 Å². The lowest BCUT2D eigenvalue weighted by molar-refractivity contribution is -0.116. The van der Waals surface area contributed by atoms with E-state index in [4.69, 9.17) is 16.3 Å². The molecule has 3 rings (SSSR count). The van der Waals surface area contributed by atoms with Gasteiger partial charge in [-0.05, 0) is 49.2 Å². The average Bonchev–Trinajstić information content (AvgIpc) is 2.70. The Morgan fingerprint density at radius 1 is 1.14 bits per heavy atom. The summed E-state index contributed by atoms with van der Waals surface area (Å²) < 4.78 is 45.4. The lowest BCUT2D eigenvalue weighted by Gasteiger charge is -2.26. The number of anilines is 1. The zero-order chi connectivity index (χ0) is 20.9. The largest absolute Gasteiger partial charge is 0.491 e. The zero-order valence-electron chi connectivity index (χ0n) is 15.7. The van der Waals surface area contributed by atoms with Crippen LogP contribution in [0.25, 0.3) is 0 Å². The molecule has 1 N–H and O–H groups in total. The fraction of sp³-hybridized carbons (Fsp3) is 0.350. The second-order valence-corrected chi connectivity index (χ2v) is 9.06. The predicted molar refractivity (Wildman–Crippen MR) is 109 cm³/mol. The first kappa shape index (κ1) is 21.5. The first-order chi connectivity index (χ1) is 13.9. The molecule has 2 aromatic rings. The van der Waals surface area contributed by atoms with Crippen LogP contribution in [-0.4, -0.2) is 38.3 Å². The third-order valence-electron chi connectivity index (χ3n) is 4.55. The highest BCUT2D eigenvalue weighted by molar-refractivity contribution is 7.89. The summed E-state index contributed by atoms with van der Waals surface area (Å²) in [6, 6.07) is 9.95. The Hall–Kier alpha value is -2.16. The van der Waals surface area contributed by atoms with Crippen molar-refractivity contribution in [3.8, 4) is 5.75 Å². The molecule has 0 spiro atoms. The number of hydrogen-bond acceptors (Lipinski definition) is 4. The van der Waals surface area contributed by atoms with Crippen molar-refractivity contribution in [3.63, 3.8) is 0 Å². The van der Waals surface area contributed by atoms with Gasteiger partial charge in [-0.2, -0.15) is 4.31 Å². The number of carbonyl (C=O) groups is 1. The molecule has 156 valence electrons. The van der Waals surface area contributed by atoms with Crippen molar-refractivity contribution in [1.29, 1.82) is 0 Å². The Labute approximate surface area is 174 Å². The maximum absolute atomic E-state index is 13.0. The maximum Gasteiger partial charge on any atom is 0.243 e. The summed E-state index contributed by atoms with van der Waals surface area (Å²) in [6.45, 7) is 1.08. The quantitative estimate of drug-likeness (QED) is 0.704. The Kier molecular flexibility index (Phi) is 7.10. The van der Waals surface area contributed by atoms with Crippen LogP contribution in [0.5, 0.6) is 5.75 Å². The van der Waals surface area contributed by atoms with Gasteiger partial charge in [0.2, 0.25) is 15.9 Å². The molecule has 0 unspecified atom stereocenters. The van der Waals surface area contributed by atoms with Crippen LogP contribution in [0, 0.1) is 5.82 Å². The number of benzene rings is 2. The first-order valence-electron chi connectivity index (χ1n) is 9.34. The number of carbonyl (C=O) groups excluding carboxylic acids is 1. The molecule has 1 amide bonds. The summed E-state index contributed by atoms with van der Waals surface area (Å²) in [5.74, 6) is -0.522. The minimum atomic E-state index is -3.57. The van der Waals surface area contributed by atoms with Gasteiger partial charge in [-0.3, -0.25) is 4.79 Å². The van der Waals surface area contributed by atoms with E-state index in [0.717, 1.165) is 25.3 Å². The van der Waals surface area contributed by atoms with E-state index in [-0.39, 0.29) is 34.6 Å². The summed E-state index contributed by atoms with van der Waals surface area (Å²) in [5.41, 5.74) is 0.396. The number of amides is 1. The van der Waals surface area contributed by atoms with Gasteiger partial charge in [0.15, 0.2) is 0 Å². The molecule has 1 heterocycles. The molecule has 9 heteroatoms. The first-order valence-corrected chi connectivity index (χ1v) is 11.2. The van der Waals surface area contributed by atoms with Gasteiger partial charge in [-0.15, -0.1) is 0 Å². The Bertz CT molecular complexity index is 978. The van der Waals surface area contributed by atoms with E-state index in [9.17, 15) is 17.6 Å². The molecule has 0 saturated carbocycles. The molecule has 1 aliphatic heterocycles. The summed E-state index contributed by atoms with van der Waals surface area (Å²) in [5, 5.41) is 2.80. The minimum Gasteiger partial charge on any atom is -0.491 e. The fourth-order valence-corrected chi connectivity index (χ4v) is 4.84. The molecule has 2 aromatic carbocycles. The Morgan fingerprint density at radius 2 is 1.90 bits per heavy atom. The topological polar surface area (TPSA) is 75.7 Å². The monoisotopic (exact) mass is 440 g/mol. The van der Waals surface area contributed by atoms with Crippen LogP contribution in [0.3, 0.4) is 0 Å². The van der Waals surface area contributed by atoms with Crippen LogP contribution in [0.4, 0.5) is 10.1 Å². The third kappa shape index (κ3) is 5.68. The zero-order valence-corrected chi connectivity index (χ0v) is 17.3. The molecule has 0 aliphatic carbocycles. The van der Waals surface area contributed by atoms with E-state index < -0.39 is 15.8 Å². The van der Waals surface area contributed by atoms with Gasteiger partial charge in [-0.25, -0.2) is 12.8 Å². The standard InChI is InChI=1S/C20H22ClFN2O4S/c21-18-13-15(22)7-8-19(18)28-12-9-20(25)23-16-5-4-6-17(14-16)29(26,27)24-10-2-1-3-11-24/h4-8,13-14H,1-3,9-12H2,(H,23,25). The van der Waals surface area contributed by atoms with Crippen molar-refractivity contribution in [2.75, 3.05) is 25.0 Å². The van der Waals surface area contributed by atoms with E-state index in [0.29, 0.717) is 18.8 Å². The van der Waals surface area contributed by atoms with E-state index in [1.165, 1.54) is 28.6 Å². The second-order valence-electron chi connectivity index (χ2n) is 6.71. The molecule has 1 aliphatic rings. The molecule has 1 fully saturated rings. The average molecular weight is 441 g/mol. The number of hydrogen-bond donors (Lipinski definition) is 1. The van der Waals surface area contributed by atoms with Crippen LogP contribution in [0.1, 0.15) is 25.7 Å². The normalized spacial score (nSPS) is 15.1. The van der Waals surface area contributed by atoms with Gasteiger partial charge in [0, 0.05) is 18.8 Å². The highest BCUT2D eigenvalue weighted by atomic mass is 35.5. The molecule has 0 bridgehead atoms. The highest BCUT2D eigenvalue weighted by Crippen LogP contribution is 2.25. The Morgan fingerprint density at radius 3 is 2.62 bits per heavy atom. The number of sulfonamides is 1. The highest BCUT2D eigenvalue weighted by Gasteiger charge is 2.26. The minimum absolute atomic E-state index is 0.0246. The van der Waals surface area contributed by atoms with E-state index in [2.05, 4.69) is 5.32 Å². The number of ether oxygens (including phenoxy) is 1. The molecule has 0 aromatic heterocycles. The van der Waals surface area contributed by atoms with Crippen molar-refractivity contribution in [2.24, 2.45) is 0 Å². The SMILES string of the molecule is O=C(CCOc1ccc(F)cc1Cl)Nc1cccc(S(=O)(=O)N2CCCCC2)c1. The van der Waals surface area contributed by atoms with Gasteiger partial charge in [0.25, 0.3) is 0 Å². The smallest absolute Gasteiger partial charge is 0.243 e. The summed E-state index contributed by atoms with van der Waals surface area (Å²) in [6.07, 6.45) is 2.77. The van der Waals surface area contributed by atoms with Crippen molar-refractivity contribution in [3.05, 3.63) is 53.3 Å². The maximum atomic E-state index is 13.0. The number of nitrogens with one attached hydrogen (secondary N) is 1. The summed E-state index contributed by atoms with van der Waals surface area (Å²) >= 11 is 5.87. The van der Waals surface area contributed by atoms with Crippen molar-refractivity contribution in [2.45, 2.75) is 30.6 Å². The molecule has 29 heavy (non-hydrogen) atoms. The second kappa shape index (κ2) is 9.56. The lowest BCUT2D eigenvalue weighted by Crippen LogP contribution is -2.35. The van der Waals surface area contributed by atoms with E-state index in [1.54, 1.807) is 12.1 Å². The van der Waals surface area contributed by atoms with Gasteiger partial charge >= 0.3 is 0 Å². The van der Waals surface area contributed by atoms with Crippen LogP contribution >= 0.6 is 11.6 Å². The summed E-state index contributed by atoms with van der Waals surface area (Å²) in [7, 11) is -3.57. The van der Waals surface area contributed by atoms with Gasteiger partial charge in [0.1, 0.15) is 11.6 Å².